The number of hydrogen-bond acceptors (Lipinski definition) is 6. The van der Waals surface area contributed by atoms with Gasteiger partial charge in [-0.1, -0.05) is 48.5 Å². The Morgan fingerprint density at radius 1 is 1.03 bits per heavy atom. The van der Waals surface area contributed by atoms with Crippen molar-refractivity contribution >= 4 is 17.4 Å². The molecular weight excluding hydrogens is 432 g/mol. The lowest BCUT2D eigenvalue weighted by molar-refractivity contribution is -0.130. The molecule has 2 aliphatic rings. The van der Waals surface area contributed by atoms with Gasteiger partial charge < -0.3 is 4.74 Å². The Kier molecular flexibility index (Phi) is 5.71. The summed E-state index contributed by atoms with van der Waals surface area (Å²) in [6.07, 6.45) is 1.77. The number of carbonyl (C=O) groups excluding carboxylic acids is 2. The van der Waals surface area contributed by atoms with Crippen molar-refractivity contribution in [2.24, 2.45) is 0 Å². The fourth-order valence-corrected chi connectivity index (χ4v) is 4.77. The number of methoxy groups -OCH3 is 1. The molecule has 1 aromatic heterocycles. The van der Waals surface area contributed by atoms with Gasteiger partial charge in [-0.3, -0.25) is 19.8 Å². The minimum absolute atomic E-state index is 0.0313. The predicted octanol–water partition coefficient (Wildman–Crippen LogP) is 3.80. The first-order valence-electron chi connectivity index (χ1n) is 11.2. The summed E-state index contributed by atoms with van der Waals surface area (Å²) in [7, 11) is 1.58. The van der Waals surface area contributed by atoms with Crippen LogP contribution in [0.25, 0.3) is 11.3 Å². The number of hydrazine groups is 1. The van der Waals surface area contributed by atoms with Gasteiger partial charge in [0.2, 0.25) is 5.91 Å². The van der Waals surface area contributed by atoms with Crippen molar-refractivity contribution < 1.29 is 14.3 Å². The molecule has 2 N–H and O–H groups in total. The molecule has 8 heteroatoms. The van der Waals surface area contributed by atoms with E-state index in [1.807, 2.05) is 54.6 Å². The van der Waals surface area contributed by atoms with Gasteiger partial charge in [-0.05, 0) is 18.9 Å². The van der Waals surface area contributed by atoms with E-state index in [9.17, 15) is 14.4 Å². The van der Waals surface area contributed by atoms with Crippen LogP contribution in [0.3, 0.4) is 0 Å². The molecule has 8 nitrogen and oxygen atoms in total. The maximum Gasteiger partial charge on any atom is 0.266 e. The lowest BCUT2D eigenvalue weighted by Crippen LogP contribution is -2.44. The molecule has 1 aliphatic carbocycles. The summed E-state index contributed by atoms with van der Waals surface area (Å²) in [5.41, 5.74) is 6.49. The van der Waals surface area contributed by atoms with Gasteiger partial charge in [-0.25, -0.2) is 10.1 Å². The Balaban J connectivity index is 1.60. The number of ether oxygens (including phenoxy) is 1. The molecule has 0 unspecified atom stereocenters. The Morgan fingerprint density at radius 2 is 1.79 bits per heavy atom. The van der Waals surface area contributed by atoms with Crippen molar-refractivity contribution in [1.29, 1.82) is 0 Å². The van der Waals surface area contributed by atoms with E-state index in [0.29, 0.717) is 47.7 Å². The van der Waals surface area contributed by atoms with E-state index in [1.54, 1.807) is 7.11 Å². The molecule has 0 spiro atoms. The minimum atomic E-state index is -0.396. The van der Waals surface area contributed by atoms with Gasteiger partial charge in [0.05, 0.1) is 18.5 Å². The largest absolute Gasteiger partial charge is 0.496 e. The van der Waals surface area contributed by atoms with E-state index in [1.165, 1.54) is 11.1 Å². The fourth-order valence-electron chi connectivity index (χ4n) is 4.77. The second-order valence-electron chi connectivity index (χ2n) is 8.34. The van der Waals surface area contributed by atoms with Crippen LogP contribution in [0.5, 0.6) is 5.75 Å². The number of H-pyrrole nitrogens is 1. The number of allylic oxidation sites excluding steroid dienone is 2. The number of carbonyl (C=O) groups is 2. The number of nitrogens with zero attached hydrogens (tertiary/aromatic N) is 2. The highest BCUT2D eigenvalue weighted by Crippen LogP contribution is 2.44. The van der Waals surface area contributed by atoms with Crippen LogP contribution in [0.4, 0.5) is 5.69 Å². The number of Topliss-reactive ketones (excluding diaryl/α,β-unsaturated/α-hetero) is 1. The van der Waals surface area contributed by atoms with Crippen molar-refractivity contribution in [1.82, 2.24) is 15.2 Å². The molecule has 5 rings (SSSR count). The van der Waals surface area contributed by atoms with Crippen LogP contribution >= 0.6 is 0 Å². The molecule has 2 heterocycles. The number of hydrogen-bond donors (Lipinski definition) is 2. The molecular formula is C26H24N4O4. The van der Waals surface area contributed by atoms with E-state index in [-0.39, 0.29) is 24.0 Å². The SMILES string of the molecule is COc1ccccc1[C@H]1CC(=O)N(Nc2cc(=O)[nH]nc2-c2ccccc2)C2=C1C(=O)CCC2. The van der Waals surface area contributed by atoms with Gasteiger partial charge in [0.25, 0.3) is 5.56 Å². The van der Waals surface area contributed by atoms with Crippen molar-refractivity contribution in [3.8, 4) is 17.0 Å². The van der Waals surface area contributed by atoms with Gasteiger partial charge in [0, 0.05) is 41.5 Å². The average molecular weight is 457 g/mol. The van der Waals surface area contributed by atoms with E-state index < -0.39 is 5.56 Å². The number of aromatic nitrogens is 2. The van der Waals surface area contributed by atoms with Gasteiger partial charge in [0.1, 0.15) is 11.4 Å². The maximum absolute atomic E-state index is 13.4. The van der Waals surface area contributed by atoms with Crippen molar-refractivity contribution in [3.05, 3.63) is 87.9 Å². The van der Waals surface area contributed by atoms with E-state index in [0.717, 1.165) is 11.1 Å². The Labute approximate surface area is 196 Å². The summed E-state index contributed by atoms with van der Waals surface area (Å²) in [6.45, 7) is 0. The molecule has 3 aromatic rings. The number of benzene rings is 2. The van der Waals surface area contributed by atoms with Gasteiger partial charge in [0.15, 0.2) is 5.78 Å². The first-order chi connectivity index (χ1) is 16.6. The fraction of sp³-hybridized carbons (Fsp3) is 0.231. The molecule has 0 radical (unpaired) electrons. The van der Waals surface area contributed by atoms with Gasteiger partial charge >= 0.3 is 0 Å². The standard InChI is InChI=1S/C26H24N4O4/c1-34-22-13-6-5-10-17(22)18-14-24(33)30(20-11-7-12-21(31)25(18)20)29-19-15-23(32)27-28-26(19)16-8-3-2-4-9-16/h2-6,8-10,13,15,18H,7,11-12,14H2,1H3,(H2,27,29,32)/t18-/m1/s1. The normalized spacial score (nSPS) is 18.0. The smallest absolute Gasteiger partial charge is 0.266 e. The highest BCUT2D eigenvalue weighted by molar-refractivity contribution is 6.02. The lowest BCUT2D eigenvalue weighted by Gasteiger charge is -2.38. The molecule has 1 aliphatic heterocycles. The summed E-state index contributed by atoms with van der Waals surface area (Å²) in [5.74, 6) is 0.111. The van der Waals surface area contributed by atoms with Crippen LogP contribution in [-0.2, 0) is 9.59 Å². The van der Waals surface area contributed by atoms with Crippen LogP contribution in [0.1, 0.15) is 37.2 Å². The summed E-state index contributed by atoms with van der Waals surface area (Å²) in [4.78, 5) is 38.7. The number of amides is 1. The predicted molar refractivity (Wildman–Crippen MR) is 127 cm³/mol. The molecule has 172 valence electrons. The third-order valence-corrected chi connectivity index (χ3v) is 6.28. The van der Waals surface area contributed by atoms with Crippen LogP contribution < -0.4 is 15.7 Å². The van der Waals surface area contributed by atoms with E-state index in [2.05, 4.69) is 15.6 Å². The van der Waals surface area contributed by atoms with Crippen LogP contribution in [0.2, 0.25) is 0 Å². The average Bonchev–Trinajstić information content (AvgIpc) is 2.86. The summed E-state index contributed by atoms with van der Waals surface area (Å²) < 4.78 is 5.53. The minimum Gasteiger partial charge on any atom is -0.496 e. The summed E-state index contributed by atoms with van der Waals surface area (Å²) in [5, 5.41) is 8.10. The molecule has 0 saturated carbocycles. The third kappa shape index (κ3) is 3.87. The molecule has 34 heavy (non-hydrogen) atoms. The highest BCUT2D eigenvalue weighted by Gasteiger charge is 2.40. The number of para-hydroxylation sites is 1. The topological polar surface area (TPSA) is 104 Å². The van der Waals surface area contributed by atoms with E-state index in [4.69, 9.17) is 4.74 Å². The summed E-state index contributed by atoms with van der Waals surface area (Å²) in [6, 6.07) is 18.2. The molecule has 1 amide bonds. The lowest BCUT2D eigenvalue weighted by atomic mass is 9.77. The quantitative estimate of drug-likeness (QED) is 0.605. The third-order valence-electron chi connectivity index (χ3n) is 6.28. The zero-order valence-electron chi connectivity index (χ0n) is 18.7. The molecule has 0 saturated heterocycles. The number of ketones is 1. The Morgan fingerprint density at radius 3 is 2.59 bits per heavy atom. The van der Waals surface area contributed by atoms with Crippen LogP contribution in [0, 0.1) is 0 Å². The summed E-state index contributed by atoms with van der Waals surface area (Å²) >= 11 is 0. The molecule has 0 fully saturated rings. The van der Waals surface area contributed by atoms with Crippen molar-refractivity contribution in [2.45, 2.75) is 31.6 Å². The first-order valence-corrected chi connectivity index (χ1v) is 11.2. The van der Waals surface area contributed by atoms with Gasteiger partial charge in [-0.15, -0.1) is 0 Å². The molecule has 1 atom stereocenters. The van der Waals surface area contributed by atoms with Crippen molar-refractivity contribution in [2.75, 3.05) is 12.5 Å². The second kappa shape index (κ2) is 8.97. The first kappa shape index (κ1) is 21.6. The zero-order valence-corrected chi connectivity index (χ0v) is 18.7. The number of aromatic amines is 1. The van der Waals surface area contributed by atoms with Crippen LogP contribution in [-0.4, -0.2) is 34.0 Å². The van der Waals surface area contributed by atoms with E-state index >= 15 is 0 Å². The van der Waals surface area contributed by atoms with Crippen molar-refractivity contribution in [3.63, 3.8) is 0 Å². The number of anilines is 1. The van der Waals surface area contributed by atoms with Crippen LogP contribution in [0.15, 0.2) is 76.7 Å². The number of nitrogens with one attached hydrogen (secondary N) is 2. The maximum atomic E-state index is 13.4. The van der Waals surface area contributed by atoms with Gasteiger partial charge in [-0.2, -0.15) is 5.10 Å². The zero-order chi connectivity index (χ0) is 23.7. The molecule has 2 aromatic carbocycles. The second-order valence-corrected chi connectivity index (χ2v) is 8.34. The monoisotopic (exact) mass is 456 g/mol. The molecule has 0 bridgehead atoms. The number of rotatable bonds is 5. The Hall–Kier alpha value is -4.20. The Bertz CT molecular complexity index is 1350. The highest BCUT2D eigenvalue weighted by atomic mass is 16.5.